The van der Waals surface area contributed by atoms with Crippen molar-refractivity contribution in [2.45, 2.75) is 37.8 Å². The fraction of sp³-hybridized carbons (Fsp3) is 0.353. The highest BCUT2D eigenvalue weighted by Crippen LogP contribution is 2.21. The highest BCUT2D eigenvalue weighted by atomic mass is 32.2. The zero-order valence-electron chi connectivity index (χ0n) is 14.2. The van der Waals surface area contributed by atoms with Crippen LogP contribution in [0.3, 0.4) is 0 Å². The van der Waals surface area contributed by atoms with E-state index in [-0.39, 0.29) is 22.9 Å². The molecule has 1 unspecified atom stereocenters. The Balaban J connectivity index is 2.17. The van der Waals surface area contributed by atoms with Crippen molar-refractivity contribution in [2.75, 3.05) is 7.05 Å². The van der Waals surface area contributed by atoms with E-state index in [1.54, 1.807) is 38.1 Å². The second-order valence-electron chi connectivity index (χ2n) is 5.91. The fourth-order valence-corrected chi connectivity index (χ4v) is 3.51. The van der Waals surface area contributed by atoms with Gasteiger partial charge in [0, 0.05) is 18.7 Å². The normalized spacial score (nSPS) is 13.0. The first-order valence-corrected chi connectivity index (χ1v) is 9.13. The number of rotatable bonds is 6. The van der Waals surface area contributed by atoms with Crippen LogP contribution in [0.15, 0.2) is 52.0 Å². The molecule has 0 saturated heterocycles. The van der Waals surface area contributed by atoms with Crippen LogP contribution in [0.2, 0.25) is 0 Å². The largest absolute Gasteiger partial charge is 0.467 e. The maximum Gasteiger partial charge on any atom is 0.254 e. The van der Waals surface area contributed by atoms with Gasteiger partial charge in [-0.05, 0) is 57.2 Å². The van der Waals surface area contributed by atoms with Gasteiger partial charge in [-0.25, -0.2) is 13.1 Å². The Morgan fingerprint density at radius 2 is 1.75 bits per heavy atom. The Labute approximate surface area is 142 Å². The molecule has 130 valence electrons. The number of hydrogen-bond acceptors (Lipinski definition) is 4. The van der Waals surface area contributed by atoms with E-state index in [4.69, 9.17) is 4.42 Å². The average Bonchev–Trinajstić information content (AvgIpc) is 3.06. The summed E-state index contributed by atoms with van der Waals surface area (Å²) < 4.78 is 32.0. The molecule has 0 bridgehead atoms. The van der Waals surface area contributed by atoms with E-state index >= 15 is 0 Å². The minimum Gasteiger partial charge on any atom is -0.467 e. The second-order valence-corrected chi connectivity index (χ2v) is 7.62. The van der Waals surface area contributed by atoms with Gasteiger partial charge in [0.1, 0.15) is 5.76 Å². The molecular formula is C17H22N2O4S. The number of amides is 1. The van der Waals surface area contributed by atoms with Crippen molar-refractivity contribution < 1.29 is 17.6 Å². The molecule has 1 heterocycles. The third-order valence-electron chi connectivity index (χ3n) is 3.66. The van der Waals surface area contributed by atoms with Gasteiger partial charge in [0.05, 0.1) is 17.2 Å². The van der Waals surface area contributed by atoms with Crippen LogP contribution in [0.4, 0.5) is 0 Å². The molecule has 0 aliphatic carbocycles. The quantitative estimate of drug-likeness (QED) is 0.869. The number of nitrogens with one attached hydrogen (secondary N) is 1. The number of hydrogen-bond donors (Lipinski definition) is 1. The molecule has 1 aromatic heterocycles. The van der Waals surface area contributed by atoms with Crippen molar-refractivity contribution in [3.63, 3.8) is 0 Å². The smallest absolute Gasteiger partial charge is 0.254 e. The van der Waals surface area contributed by atoms with E-state index in [0.717, 1.165) is 0 Å². The van der Waals surface area contributed by atoms with E-state index in [1.807, 2.05) is 13.0 Å². The molecule has 2 aromatic rings. The summed E-state index contributed by atoms with van der Waals surface area (Å²) >= 11 is 0. The third kappa shape index (κ3) is 4.04. The van der Waals surface area contributed by atoms with Crippen LogP contribution < -0.4 is 4.72 Å². The summed E-state index contributed by atoms with van der Waals surface area (Å²) in [5.74, 6) is 0.478. The third-order valence-corrected chi connectivity index (χ3v) is 5.33. The molecule has 1 atom stereocenters. The number of sulfonamides is 1. The molecule has 0 saturated carbocycles. The predicted molar refractivity (Wildman–Crippen MR) is 91.1 cm³/mol. The molecule has 1 N–H and O–H groups in total. The van der Waals surface area contributed by atoms with Crippen LogP contribution in [-0.4, -0.2) is 32.3 Å². The predicted octanol–water partition coefficient (Wildman–Crippen LogP) is 2.80. The Kier molecular flexibility index (Phi) is 5.46. The molecule has 7 heteroatoms. The number of furan rings is 1. The van der Waals surface area contributed by atoms with Crippen LogP contribution in [0, 0.1) is 0 Å². The van der Waals surface area contributed by atoms with Gasteiger partial charge in [-0.2, -0.15) is 0 Å². The summed E-state index contributed by atoms with van der Waals surface area (Å²) in [6, 6.07) is 9.06. The summed E-state index contributed by atoms with van der Waals surface area (Å²) in [5, 5.41) is 0. The maximum atomic E-state index is 12.5. The number of nitrogens with zero attached hydrogens (tertiary/aromatic N) is 1. The summed E-state index contributed by atoms with van der Waals surface area (Å²) in [6.45, 7) is 5.36. The lowest BCUT2D eigenvalue weighted by atomic mass is 10.1. The molecule has 0 fully saturated rings. The summed E-state index contributed by atoms with van der Waals surface area (Å²) in [4.78, 5) is 14.2. The zero-order valence-corrected chi connectivity index (χ0v) is 15.0. The Bertz CT molecular complexity index is 781. The summed E-state index contributed by atoms with van der Waals surface area (Å²) in [7, 11) is -1.88. The fourth-order valence-electron chi connectivity index (χ4n) is 2.25. The van der Waals surface area contributed by atoms with E-state index < -0.39 is 10.0 Å². The van der Waals surface area contributed by atoms with Crippen molar-refractivity contribution in [2.24, 2.45) is 0 Å². The molecule has 0 radical (unpaired) electrons. The first kappa shape index (κ1) is 18.2. The van der Waals surface area contributed by atoms with Gasteiger partial charge in [0.15, 0.2) is 0 Å². The Hall–Kier alpha value is -2.12. The lowest BCUT2D eigenvalue weighted by molar-refractivity contribution is 0.0726. The lowest BCUT2D eigenvalue weighted by Crippen LogP contribution is -2.31. The monoisotopic (exact) mass is 350 g/mol. The van der Waals surface area contributed by atoms with Gasteiger partial charge in [-0.3, -0.25) is 4.79 Å². The molecule has 2 rings (SSSR count). The minimum absolute atomic E-state index is 0.134. The van der Waals surface area contributed by atoms with Crippen molar-refractivity contribution in [3.05, 3.63) is 54.0 Å². The van der Waals surface area contributed by atoms with Gasteiger partial charge in [-0.1, -0.05) is 0 Å². The van der Waals surface area contributed by atoms with Gasteiger partial charge in [0.2, 0.25) is 10.0 Å². The first-order valence-electron chi connectivity index (χ1n) is 7.65. The van der Waals surface area contributed by atoms with E-state index in [9.17, 15) is 13.2 Å². The van der Waals surface area contributed by atoms with Crippen LogP contribution >= 0.6 is 0 Å². The number of carbonyl (C=O) groups is 1. The highest BCUT2D eigenvalue weighted by Gasteiger charge is 2.22. The van der Waals surface area contributed by atoms with E-state index in [1.165, 1.54) is 24.3 Å². The van der Waals surface area contributed by atoms with Gasteiger partial charge in [0.25, 0.3) is 5.91 Å². The van der Waals surface area contributed by atoms with Crippen molar-refractivity contribution >= 4 is 15.9 Å². The first-order chi connectivity index (χ1) is 11.2. The van der Waals surface area contributed by atoms with E-state index in [0.29, 0.717) is 11.3 Å². The highest BCUT2D eigenvalue weighted by molar-refractivity contribution is 7.89. The molecular weight excluding hydrogens is 328 g/mol. The zero-order chi connectivity index (χ0) is 17.9. The van der Waals surface area contributed by atoms with Crippen LogP contribution in [0.1, 0.15) is 42.9 Å². The van der Waals surface area contributed by atoms with E-state index in [2.05, 4.69) is 4.72 Å². The topological polar surface area (TPSA) is 79.6 Å². The van der Waals surface area contributed by atoms with Gasteiger partial charge < -0.3 is 9.32 Å². The average molecular weight is 350 g/mol. The number of benzene rings is 1. The molecule has 0 aliphatic heterocycles. The minimum atomic E-state index is -3.56. The molecule has 24 heavy (non-hydrogen) atoms. The lowest BCUT2D eigenvalue weighted by Gasteiger charge is -2.23. The van der Waals surface area contributed by atoms with Gasteiger partial charge in [-0.15, -0.1) is 0 Å². The van der Waals surface area contributed by atoms with Crippen molar-refractivity contribution in [1.29, 1.82) is 0 Å². The van der Waals surface area contributed by atoms with Crippen LogP contribution in [0.5, 0.6) is 0 Å². The van der Waals surface area contributed by atoms with Crippen LogP contribution in [0.25, 0.3) is 0 Å². The summed E-state index contributed by atoms with van der Waals surface area (Å²) in [5.41, 5.74) is 0.416. The molecule has 1 aromatic carbocycles. The molecule has 6 nitrogen and oxygen atoms in total. The SMILES string of the molecule is CC(C)NS(=O)(=O)c1ccc(C(=O)N(C)C(C)c2ccco2)cc1. The standard InChI is InChI=1S/C17H22N2O4S/c1-12(2)18-24(21,22)15-9-7-14(8-10-15)17(20)19(4)13(3)16-6-5-11-23-16/h5-13,18H,1-4H3. The number of carbonyl (C=O) groups excluding carboxylic acids is 1. The Morgan fingerprint density at radius 1 is 1.12 bits per heavy atom. The van der Waals surface area contributed by atoms with Gasteiger partial charge >= 0.3 is 0 Å². The molecule has 0 aliphatic rings. The van der Waals surface area contributed by atoms with Crippen molar-refractivity contribution in [3.8, 4) is 0 Å². The Morgan fingerprint density at radius 3 is 2.25 bits per heavy atom. The second kappa shape index (κ2) is 7.19. The summed E-state index contributed by atoms with van der Waals surface area (Å²) in [6.07, 6.45) is 1.56. The maximum absolute atomic E-state index is 12.5. The van der Waals surface area contributed by atoms with Crippen LogP contribution in [-0.2, 0) is 10.0 Å². The molecule has 1 amide bonds. The van der Waals surface area contributed by atoms with Crippen molar-refractivity contribution in [1.82, 2.24) is 9.62 Å². The molecule has 0 spiro atoms.